The molecule has 0 heterocycles. The van der Waals surface area contributed by atoms with Gasteiger partial charge in [0.15, 0.2) is 6.10 Å². The second-order valence-electron chi connectivity index (χ2n) is 26.2. The largest absolute Gasteiger partial charge is 0.477 e. The molecule has 0 aromatic heterocycles. The van der Waals surface area contributed by atoms with E-state index in [1.54, 1.807) is 0 Å². The van der Waals surface area contributed by atoms with Crippen LogP contribution in [0.15, 0.2) is 97.2 Å². The number of carboxylic acid groups (broad SMARTS) is 1. The summed E-state index contributed by atoms with van der Waals surface area (Å²) in [6, 6.07) is 0. The van der Waals surface area contributed by atoms with Crippen LogP contribution in [-0.2, 0) is 33.3 Å². The van der Waals surface area contributed by atoms with Crippen molar-refractivity contribution in [3.63, 3.8) is 0 Å². The van der Waals surface area contributed by atoms with Gasteiger partial charge < -0.3 is 28.5 Å². The molecule has 0 radical (unpaired) electrons. The number of carbonyl (C=O) groups is 3. The van der Waals surface area contributed by atoms with Crippen molar-refractivity contribution < 1.29 is 42.9 Å². The highest BCUT2D eigenvalue weighted by atomic mass is 16.7. The van der Waals surface area contributed by atoms with E-state index in [0.717, 1.165) is 89.9 Å². The molecule has 514 valence electrons. The molecule has 0 bridgehead atoms. The molecule has 0 aromatic rings. The van der Waals surface area contributed by atoms with Crippen LogP contribution in [0.2, 0.25) is 0 Å². The molecule has 2 unspecified atom stereocenters. The zero-order chi connectivity index (χ0) is 64.7. The minimum Gasteiger partial charge on any atom is -0.477 e. The van der Waals surface area contributed by atoms with Gasteiger partial charge in [-0.15, -0.1) is 0 Å². The zero-order valence-corrected chi connectivity index (χ0v) is 58.8. The summed E-state index contributed by atoms with van der Waals surface area (Å²) in [6.45, 7) is 4.81. The Labute approximate surface area is 550 Å². The maximum absolute atomic E-state index is 13.0. The molecular formula is C80H142NO8+. The number of aliphatic carboxylic acids is 1. The fourth-order valence-electron chi connectivity index (χ4n) is 10.7. The normalized spacial score (nSPS) is 13.2. The number of unbranched alkanes of at least 4 members (excludes halogenated alkanes) is 38. The van der Waals surface area contributed by atoms with Crippen molar-refractivity contribution in [1.82, 2.24) is 0 Å². The van der Waals surface area contributed by atoms with Crippen molar-refractivity contribution in [2.24, 2.45) is 0 Å². The highest BCUT2D eigenvalue weighted by Crippen LogP contribution is 2.18. The quantitative estimate of drug-likeness (QED) is 0.0211. The van der Waals surface area contributed by atoms with Gasteiger partial charge in [-0.3, -0.25) is 9.59 Å². The number of carboxylic acids is 1. The second kappa shape index (κ2) is 70.1. The van der Waals surface area contributed by atoms with Crippen LogP contribution in [0, 0.1) is 0 Å². The van der Waals surface area contributed by atoms with Crippen molar-refractivity contribution in [1.29, 1.82) is 0 Å². The van der Waals surface area contributed by atoms with Crippen LogP contribution in [0.5, 0.6) is 0 Å². The number of hydrogen-bond donors (Lipinski definition) is 1. The molecule has 0 aliphatic rings. The highest BCUT2D eigenvalue weighted by Gasteiger charge is 2.25. The maximum Gasteiger partial charge on any atom is 0.361 e. The van der Waals surface area contributed by atoms with E-state index >= 15 is 0 Å². The van der Waals surface area contributed by atoms with Gasteiger partial charge in [0.2, 0.25) is 0 Å². The van der Waals surface area contributed by atoms with Crippen molar-refractivity contribution in [2.45, 2.75) is 347 Å². The predicted octanol–water partition coefficient (Wildman–Crippen LogP) is 23.6. The molecule has 1 N–H and O–H groups in total. The maximum atomic E-state index is 13.0. The third kappa shape index (κ3) is 71.5. The zero-order valence-electron chi connectivity index (χ0n) is 58.8. The molecule has 0 aromatic carbocycles. The first-order valence-corrected chi connectivity index (χ1v) is 37.4. The fraction of sp³-hybridized carbons (Fsp3) is 0.762. The van der Waals surface area contributed by atoms with Gasteiger partial charge in [0.05, 0.1) is 34.4 Å². The Bertz CT molecular complexity index is 1790. The molecule has 0 saturated heterocycles. The Morgan fingerprint density at radius 3 is 0.955 bits per heavy atom. The van der Waals surface area contributed by atoms with Crippen LogP contribution in [0.4, 0.5) is 0 Å². The first kappa shape index (κ1) is 85.2. The van der Waals surface area contributed by atoms with Crippen molar-refractivity contribution in [3.8, 4) is 0 Å². The van der Waals surface area contributed by atoms with Gasteiger partial charge >= 0.3 is 17.9 Å². The number of nitrogens with zero attached hydrogens (tertiary/aromatic N) is 1. The van der Waals surface area contributed by atoms with Gasteiger partial charge in [0.25, 0.3) is 6.29 Å². The number of likely N-dealkylation sites (N-methyl/N-ethyl adjacent to an activating group) is 1. The van der Waals surface area contributed by atoms with Crippen LogP contribution in [-0.4, -0.2) is 87.4 Å². The first-order chi connectivity index (χ1) is 43.6. The standard InChI is InChI=1S/C80H141NO8/c1-6-8-10-12-14-16-18-20-22-24-26-28-30-32-33-34-35-36-37-38-39-40-41-42-43-44-45-47-49-51-53-55-57-59-61-63-65-67-69-71-78(83)89-76(75-88-80(79(84)85)86-73-72-81(3,4)5)74-87-77(82)70-68-66-64-62-60-58-56-54-52-50-48-46-31-29-27-25-23-21-19-17-15-13-11-9-7-2/h8,10,14,16,20,22,26,28,32-33,35-36,38-39,41-42,76,80H,6-7,9,11-13,15,17-19,21,23-25,27,29-31,34,37,40,43-75H2,1-5H3/p+1/b10-8-,16-14-,22-20-,28-26-,33-32-,36-35-,39-38-,42-41-. The summed E-state index contributed by atoms with van der Waals surface area (Å²) >= 11 is 0. The molecule has 89 heavy (non-hydrogen) atoms. The van der Waals surface area contributed by atoms with E-state index in [1.807, 2.05) is 21.1 Å². The van der Waals surface area contributed by atoms with E-state index in [2.05, 4.69) is 111 Å². The third-order valence-electron chi connectivity index (χ3n) is 16.4. The van der Waals surface area contributed by atoms with Gasteiger partial charge in [-0.05, 0) is 77.0 Å². The topological polar surface area (TPSA) is 108 Å². The molecular weight excluding hydrogens is 1100 g/mol. The number of hydrogen-bond acceptors (Lipinski definition) is 7. The summed E-state index contributed by atoms with van der Waals surface area (Å²) < 4.78 is 23.0. The number of esters is 2. The van der Waals surface area contributed by atoms with Crippen LogP contribution in [0.3, 0.4) is 0 Å². The third-order valence-corrected chi connectivity index (χ3v) is 16.4. The number of allylic oxidation sites excluding steroid dienone is 16. The lowest BCUT2D eigenvalue weighted by molar-refractivity contribution is -0.870. The average Bonchev–Trinajstić information content (AvgIpc) is 3.64. The molecule has 0 amide bonds. The summed E-state index contributed by atoms with van der Waals surface area (Å²) in [5.41, 5.74) is 0. The summed E-state index contributed by atoms with van der Waals surface area (Å²) in [5.74, 6) is -1.99. The van der Waals surface area contributed by atoms with Crippen molar-refractivity contribution in [2.75, 3.05) is 47.5 Å². The fourth-order valence-corrected chi connectivity index (χ4v) is 10.7. The summed E-state index contributed by atoms with van der Waals surface area (Å²) in [4.78, 5) is 37.7. The van der Waals surface area contributed by atoms with Gasteiger partial charge in [-0.1, -0.05) is 342 Å². The lowest BCUT2D eigenvalue weighted by Gasteiger charge is -2.25. The van der Waals surface area contributed by atoms with E-state index in [-0.39, 0.29) is 32.2 Å². The van der Waals surface area contributed by atoms with E-state index in [9.17, 15) is 19.5 Å². The van der Waals surface area contributed by atoms with Gasteiger partial charge in [0, 0.05) is 12.8 Å². The molecule has 0 spiro atoms. The molecule has 0 fully saturated rings. The Balaban J connectivity index is 4.06. The molecule has 0 aliphatic carbocycles. The predicted molar refractivity (Wildman–Crippen MR) is 382 cm³/mol. The SMILES string of the molecule is CC/C=C\C/C=C\C/C=C\C/C=C\C/C=C\C/C=C\C/C=C\C/C=C\CCCCCCCCCCCCCCCCC(=O)OC(COC(=O)CCCCCCCCCCCCCCCCCCCCCCCCCCC)COC(OCC[N+](C)(C)C)C(=O)O. The summed E-state index contributed by atoms with van der Waals surface area (Å²) in [6.07, 6.45) is 93.9. The van der Waals surface area contributed by atoms with E-state index in [1.165, 1.54) is 218 Å². The summed E-state index contributed by atoms with van der Waals surface area (Å²) in [5, 5.41) is 9.76. The Kier molecular flexibility index (Phi) is 67.1. The number of carbonyl (C=O) groups excluding carboxylic acids is 2. The van der Waals surface area contributed by atoms with Crippen LogP contribution < -0.4 is 0 Å². The molecule has 0 aliphatic heterocycles. The van der Waals surface area contributed by atoms with Crippen LogP contribution >= 0.6 is 0 Å². The molecule has 2 atom stereocenters. The van der Waals surface area contributed by atoms with E-state index < -0.39 is 24.3 Å². The molecule has 9 nitrogen and oxygen atoms in total. The average molecular weight is 1250 g/mol. The minimum atomic E-state index is -1.51. The summed E-state index contributed by atoms with van der Waals surface area (Å²) in [7, 11) is 5.99. The molecule has 9 heteroatoms. The highest BCUT2D eigenvalue weighted by molar-refractivity contribution is 5.71. The number of rotatable bonds is 69. The lowest BCUT2D eigenvalue weighted by Crippen LogP contribution is -2.40. The van der Waals surface area contributed by atoms with E-state index in [4.69, 9.17) is 18.9 Å². The lowest BCUT2D eigenvalue weighted by atomic mass is 10.0. The second-order valence-corrected chi connectivity index (χ2v) is 26.2. The Hall–Kier alpha value is -3.79. The Morgan fingerprint density at radius 1 is 0.348 bits per heavy atom. The van der Waals surface area contributed by atoms with Gasteiger partial charge in [-0.25, -0.2) is 4.79 Å². The van der Waals surface area contributed by atoms with Gasteiger partial charge in [-0.2, -0.15) is 0 Å². The number of quaternary nitrogens is 1. The van der Waals surface area contributed by atoms with Crippen molar-refractivity contribution >= 4 is 17.9 Å². The first-order valence-electron chi connectivity index (χ1n) is 37.4. The minimum absolute atomic E-state index is 0.181. The van der Waals surface area contributed by atoms with Gasteiger partial charge in [0.1, 0.15) is 13.2 Å². The molecule has 0 saturated carbocycles. The molecule has 0 rings (SSSR count). The Morgan fingerprint density at radius 2 is 0.640 bits per heavy atom. The van der Waals surface area contributed by atoms with E-state index in [0.29, 0.717) is 17.4 Å². The van der Waals surface area contributed by atoms with Crippen molar-refractivity contribution in [3.05, 3.63) is 97.2 Å². The number of ether oxygens (including phenoxy) is 4. The van der Waals surface area contributed by atoms with Crippen LogP contribution in [0.1, 0.15) is 335 Å². The monoisotopic (exact) mass is 1250 g/mol. The smallest absolute Gasteiger partial charge is 0.361 e. The van der Waals surface area contributed by atoms with Crippen LogP contribution in [0.25, 0.3) is 0 Å².